The summed E-state index contributed by atoms with van der Waals surface area (Å²) in [7, 11) is 0. The molecule has 2 rings (SSSR count). The van der Waals surface area contributed by atoms with Gasteiger partial charge in [-0.2, -0.15) is 0 Å². The van der Waals surface area contributed by atoms with E-state index in [4.69, 9.17) is 4.74 Å². The van der Waals surface area contributed by atoms with E-state index in [1.165, 1.54) is 6.07 Å². The standard InChI is InChI=1S/C13H19N3O4/c1-8(2)11-14-9(7-10(17)15-11)16-13(12(18)19)3-5-20-6-4-13/h7-8H,3-6H2,1-2H3,(H,18,19)(H2,14,15,16,17). The number of carboxylic acid groups (broad SMARTS) is 1. The third kappa shape index (κ3) is 2.98. The maximum atomic E-state index is 11.6. The molecule has 0 aliphatic carbocycles. The van der Waals surface area contributed by atoms with E-state index in [1.807, 2.05) is 13.8 Å². The highest BCUT2D eigenvalue weighted by Gasteiger charge is 2.40. The predicted octanol–water partition coefficient (Wildman–Crippen LogP) is 0.939. The average Bonchev–Trinajstić information content (AvgIpc) is 2.38. The molecule has 0 unspecified atom stereocenters. The number of rotatable bonds is 4. The third-order valence-corrected chi connectivity index (χ3v) is 3.43. The summed E-state index contributed by atoms with van der Waals surface area (Å²) in [6.07, 6.45) is 0.682. The SMILES string of the molecule is CC(C)c1nc(NC2(C(=O)O)CCOCC2)cc(=O)[nH]1. The Kier molecular flexibility index (Phi) is 4.08. The van der Waals surface area contributed by atoms with E-state index in [-0.39, 0.29) is 11.5 Å². The Morgan fingerprint density at radius 2 is 2.15 bits per heavy atom. The highest BCUT2D eigenvalue weighted by molar-refractivity contribution is 5.82. The minimum absolute atomic E-state index is 0.0555. The topological polar surface area (TPSA) is 104 Å². The van der Waals surface area contributed by atoms with Crippen molar-refractivity contribution >= 4 is 11.8 Å². The second kappa shape index (κ2) is 5.62. The van der Waals surface area contributed by atoms with Gasteiger partial charge < -0.3 is 20.1 Å². The van der Waals surface area contributed by atoms with Gasteiger partial charge >= 0.3 is 5.97 Å². The summed E-state index contributed by atoms with van der Waals surface area (Å²) in [4.78, 5) is 30.1. The molecule has 0 atom stereocenters. The second-order valence-electron chi connectivity index (χ2n) is 5.30. The summed E-state index contributed by atoms with van der Waals surface area (Å²) in [6, 6.07) is 1.28. The van der Waals surface area contributed by atoms with Crippen LogP contribution in [-0.4, -0.2) is 39.8 Å². The van der Waals surface area contributed by atoms with Gasteiger partial charge in [-0.3, -0.25) is 4.79 Å². The van der Waals surface area contributed by atoms with E-state index < -0.39 is 11.5 Å². The molecule has 1 aliphatic rings. The lowest BCUT2D eigenvalue weighted by atomic mass is 9.90. The molecule has 3 N–H and O–H groups in total. The number of carboxylic acids is 1. The lowest BCUT2D eigenvalue weighted by Crippen LogP contribution is -2.50. The van der Waals surface area contributed by atoms with Crippen LogP contribution in [0.3, 0.4) is 0 Å². The van der Waals surface area contributed by atoms with Crippen molar-refractivity contribution in [2.45, 2.75) is 38.1 Å². The number of aromatic nitrogens is 2. The van der Waals surface area contributed by atoms with Gasteiger partial charge in [0.25, 0.3) is 5.56 Å². The van der Waals surface area contributed by atoms with Gasteiger partial charge in [0.15, 0.2) is 0 Å². The van der Waals surface area contributed by atoms with Gasteiger partial charge in [-0.1, -0.05) is 13.8 Å². The number of nitrogens with one attached hydrogen (secondary N) is 2. The van der Waals surface area contributed by atoms with Crippen LogP contribution in [0.1, 0.15) is 38.4 Å². The van der Waals surface area contributed by atoms with Crippen LogP contribution < -0.4 is 10.9 Å². The fraction of sp³-hybridized carbons (Fsp3) is 0.615. The molecular weight excluding hydrogens is 262 g/mol. The number of H-pyrrole nitrogens is 1. The second-order valence-corrected chi connectivity index (χ2v) is 5.30. The highest BCUT2D eigenvalue weighted by atomic mass is 16.5. The number of aliphatic carboxylic acids is 1. The van der Waals surface area contributed by atoms with Crippen molar-refractivity contribution in [1.29, 1.82) is 0 Å². The van der Waals surface area contributed by atoms with E-state index in [0.717, 1.165) is 0 Å². The quantitative estimate of drug-likeness (QED) is 0.758. The van der Waals surface area contributed by atoms with Gasteiger partial charge in [0.05, 0.1) is 0 Å². The molecule has 1 aliphatic heterocycles. The molecule has 2 heterocycles. The van der Waals surface area contributed by atoms with Gasteiger partial charge in [0.2, 0.25) is 0 Å². The smallest absolute Gasteiger partial charge is 0.329 e. The fourth-order valence-electron chi connectivity index (χ4n) is 2.17. The van der Waals surface area contributed by atoms with Gasteiger partial charge in [0, 0.05) is 38.0 Å². The molecule has 1 aromatic heterocycles. The number of carbonyl (C=O) groups is 1. The van der Waals surface area contributed by atoms with Gasteiger partial charge in [-0.05, 0) is 0 Å². The van der Waals surface area contributed by atoms with Crippen molar-refractivity contribution in [2.75, 3.05) is 18.5 Å². The molecule has 1 fully saturated rings. The molecule has 1 saturated heterocycles. The Labute approximate surface area is 116 Å². The largest absolute Gasteiger partial charge is 0.480 e. The van der Waals surface area contributed by atoms with Crippen LogP contribution in [0.25, 0.3) is 0 Å². The van der Waals surface area contributed by atoms with Crippen LogP contribution in [0.4, 0.5) is 5.82 Å². The third-order valence-electron chi connectivity index (χ3n) is 3.43. The van der Waals surface area contributed by atoms with Crippen LogP contribution in [0.5, 0.6) is 0 Å². The van der Waals surface area contributed by atoms with Crippen LogP contribution in [0.15, 0.2) is 10.9 Å². The summed E-state index contributed by atoms with van der Waals surface area (Å²) in [5.74, 6) is -0.0664. The molecule has 0 spiro atoms. The Morgan fingerprint density at radius 1 is 1.50 bits per heavy atom. The van der Waals surface area contributed by atoms with Gasteiger partial charge in [0.1, 0.15) is 17.2 Å². The first kappa shape index (κ1) is 14.5. The van der Waals surface area contributed by atoms with E-state index in [2.05, 4.69) is 15.3 Å². The van der Waals surface area contributed by atoms with Crippen molar-refractivity contribution in [2.24, 2.45) is 0 Å². The number of anilines is 1. The van der Waals surface area contributed by atoms with Gasteiger partial charge in [-0.25, -0.2) is 9.78 Å². The van der Waals surface area contributed by atoms with Crippen LogP contribution in [0.2, 0.25) is 0 Å². The first-order chi connectivity index (χ1) is 9.43. The minimum Gasteiger partial charge on any atom is -0.480 e. The van der Waals surface area contributed by atoms with Crippen molar-refractivity contribution < 1.29 is 14.6 Å². The first-order valence-corrected chi connectivity index (χ1v) is 6.63. The van der Waals surface area contributed by atoms with Crippen molar-refractivity contribution in [3.63, 3.8) is 0 Å². The highest BCUT2D eigenvalue weighted by Crippen LogP contribution is 2.25. The Bertz CT molecular complexity index is 547. The molecule has 0 bridgehead atoms. The van der Waals surface area contributed by atoms with Crippen LogP contribution in [0, 0.1) is 0 Å². The lowest BCUT2D eigenvalue weighted by Gasteiger charge is -2.34. The van der Waals surface area contributed by atoms with Gasteiger partial charge in [-0.15, -0.1) is 0 Å². The zero-order valence-corrected chi connectivity index (χ0v) is 11.6. The average molecular weight is 281 g/mol. The van der Waals surface area contributed by atoms with E-state index in [0.29, 0.717) is 37.7 Å². The van der Waals surface area contributed by atoms with Crippen molar-refractivity contribution in [1.82, 2.24) is 9.97 Å². The molecule has 0 aromatic carbocycles. The zero-order valence-electron chi connectivity index (χ0n) is 11.6. The number of nitrogens with zero attached hydrogens (tertiary/aromatic N) is 1. The molecule has 1 aromatic rings. The molecule has 7 heteroatoms. The maximum absolute atomic E-state index is 11.6. The fourth-order valence-corrected chi connectivity index (χ4v) is 2.17. The minimum atomic E-state index is -1.12. The Hall–Kier alpha value is -1.89. The zero-order chi connectivity index (χ0) is 14.8. The van der Waals surface area contributed by atoms with E-state index >= 15 is 0 Å². The first-order valence-electron chi connectivity index (χ1n) is 6.63. The number of ether oxygens (including phenoxy) is 1. The molecule has 0 radical (unpaired) electrons. The molecular formula is C13H19N3O4. The number of hydrogen-bond donors (Lipinski definition) is 3. The molecule has 0 saturated carbocycles. The van der Waals surface area contributed by atoms with E-state index in [9.17, 15) is 14.7 Å². The monoisotopic (exact) mass is 281 g/mol. The summed E-state index contributed by atoms with van der Waals surface area (Å²) >= 11 is 0. The normalized spacial score (nSPS) is 17.9. The van der Waals surface area contributed by atoms with Crippen molar-refractivity contribution in [3.8, 4) is 0 Å². The predicted molar refractivity (Wildman–Crippen MR) is 73.0 cm³/mol. The van der Waals surface area contributed by atoms with Crippen molar-refractivity contribution in [3.05, 3.63) is 22.2 Å². The molecule has 110 valence electrons. The van der Waals surface area contributed by atoms with E-state index in [1.54, 1.807) is 0 Å². The molecule has 20 heavy (non-hydrogen) atoms. The lowest BCUT2D eigenvalue weighted by molar-refractivity contribution is -0.145. The summed E-state index contributed by atoms with van der Waals surface area (Å²) in [5.41, 5.74) is -1.41. The summed E-state index contributed by atoms with van der Waals surface area (Å²) in [6.45, 7) is 4.56. The summed E-state index contributed by atoms with van der Waals surface area (Å²) < 4.78 is 5.21. The maximum Gasteiger partial charge on any atom is 0.329 e. The Morgan fingerprint density at radius 3 is 2.70 bits per heavy atom. The number of aromatic amines is 1. The van der Waals surface area contributed by atoms with Crippen LogP contribution >= 0.6 is 0 Å². The number of hydrogen-bond acceptors (Lipinski definition) is 5. The molecule has 0 amide bonds. The Balaban J connectivity index is 2.31. The molecule has 7 nitrogen and oxygen atoms in total. The van der Waals surface area contributed by atoms with Crippen LogP contribution in [-0.2, 0) is 9.53 Å². The summed E-state index contributed by atoms with van der Waals surface area (Å²) in [5, 5.41) is 12.4.